The third kappa shape index (κ3) is 3.67. The Bertz CT molecular complexity index is 672. The van der Waals surface area contributed by atoms with Crippen LogP contribution in [0.1, 0.15) is 29.2 Å². The summed E-state index contributed by atoms with van der Waals surface area (Å²) in [5.41, 5.74) is 5.06. The lowest BCUT2D eigenvalue weighted by atomic mass is 10.1. The fourth-order valence-electron chi connectivity index (χ4n) is 2.32. The van der Waals surface area contributed by atoms with Gasteiger partial charge in [-0.3, -0.25) is 4.79 Å². The first-order valence-electron chi connectivity index (χ1n) is 7.49. The van der Waals surface area contributed by atoms with Crippen LogP contribution in [0.2, 0.25) is 0 Å². The van der Waals surface area contributed by atoms with E-state index >= 15 is 0 Å². The number of hydrogen-bond acceptors (Lipinski definition) is 2. The number of para-hydroxylation sites is 1. The summed E-state index contributed by atoms with van der Waals surface area (Å²) in [5.74, 6) is 0.641. The summed E-state index contributed by atoms with van der Waals surface area (Å²) in [4.78, 5) is 12.4. The van der Waals surface area contributed by atoms with Gasteiger partial charge in [-0.05, 0) is 62.9 Å². The van der Waals surface area contributed by atoms with Crippen LogP contribution in [0.5, 0.6) is 5.75 Å². The number of carbonyl (C=O) groups is 1. The molecule has 1 N–H and O–H groups in total. The lowest BCUT2D eigenvalue weighted by molar-refractivity contribution is -0.122. The molecule has 22 heavy (non-hydrogen) atoms. The Morgan fingerprint density at radius 2 is 1.64 bits per heavy atom. The van der Waals surface area contributed by atoms with Crippen molar-refractivity contribution in [3.05, 3.63) is 58.7 Å². The standard InChI is InChI=1S/C19H23NO2/c1-12-9-10-13(2)17(11-12)20-19(21)16(5)22-18-14(3)7-6-8-15(18)4/h6-11,16H,1-5H3,(H,20,21)/t16-/m0/s1. The van der Waals surface area contributed by atoms with E-state index in [-0.39, 0.29) is 5.91 Å². The molecule has 0 aliphatic carbocycles. The Kier molecular flexibility index (Phi) is 4.86. The van der Waals surface area contributed by atoms with E-state index < -0.39 is 6.10 Å². The summed E-state index contributed by atoms with van der Waals surface area (Å²) >= 11 is 0. The summed E-state index contributed by atoms with van der Waals surface area (Å²) < 4.78 is 5.87. The lowest BCUT2D eigenvalue weighted by Gasteiger charge is -2.18. The van der Waals surface area contributed by atoms with Gasteiger partial charge in [-0.15, -0.1) is 0 Å². The molecule has 0 saturated carbocycles. The fourth-order valence-corrected chi connectivity index (χ4v) is 2.32. The second-order valence-corrected chi connectivity index (χ2v) is 5.79. The molecule has 0 radical (unpaired) electrons. The summed E-state index contributed by atoms with van der Waals surface area (Å²) in [5, 5.41) is 2.95. The van der Waals surface area contributed by atoms with Gasteiger partial charge < -0.3 is 10.1 Å². The highest BCUT2D eigenvalue weighted by atomic mass is 16.5. The molecule has 0 bridgehead atoms. The monoisotopic (exact) mass is 297 g/mol. The van der Waals surface area contributed by atoms with E-state index in [4.69, 9.17) is 4.74 Å². The average Bonchev–Trinajstić information content (AvgIpc) is 2.46. The van der Waals surface area contributed by atoms with Crippen LogP contribution in [0.15, 0.2) is 36.4 Å². The van der Waals surface area contributed by atoms with Crippen molar-refractivity contribution >= 4 is 11.6 Å². The number of hydrogen-bond donors (Lipinski definition) is 1. The molecule has 2 aromatic rings. The first-order valence-corrected chi connectivity index (χ1v) is 7.49. The molecule has 2 rings (SSSR count). The van der Waals surface area contributed by atoms with Gasteiger partial charge in [0.2, 0.25) is 0 Å². The molecule has 116 valence electrons. The van der Waals surface area contributed by atoms with E-state index in [2.05, 4.69) is 5.32 Å². The summed E-state index contributed by atoms with van der Waals surface area (Å²) in [6.45, 7) is 9.72. The number of nitrogens with one attached hydrogen (secondary N) is 1. The molecule has 0 aromatic heterocycles. The number of aryl methyl sites for hydroxylation is 4. The highest BCUT2D eigenvalue weighted by Gasteiger charge is 2.17. The van der Waals surface area contributed by atoms with Crippen LogP contribution < -0.4 is 10.1 Å². The Morgan fingerprint density at radius 1 is 1.00 bits per heavy atom. The molecule has 0 unspecified atom stereocenters. The predicted molar refractivity (Wildman–Crippen MR) is 90.6 cm³/mol. The zero-order valence-electron chi connectivity index (χ0n) is 13.9. The maximum absolute atomic E-state index is 12.4. The lowest BCUT2D eigenvalue weighted by Crippen LogP contribution is -2.30. The number of carbonyl (C=O) groups excluding carboxylic acids is 1. The normalized spacial score (nSPS) is 11.9. The van der Waals surface area contributed by atoms with E-state index in [0.29, 0.717) is 0 Å². The van der Waals surface area contributed by atoms with Crippen LogP contribution in [-0.4, -0.2) is 12.0 Å². The van der Waals surface area contributed by atoms with E-state index in [1.165, 1.54) is 0 Å². The third-order valence-corrected chi connectivity index (χ3v) is 3.72. The molecular formula is C19H23NO2. The van der Waals surface area contributed by atoms with Crippen LogP contribution in [0.3, 0.4) is 0 Å². The minimum absolute atomic E-state index is 0.142. The first kappa shape index (κ1) is 16.1. The number of rotatable bonds is 4. The van der Waals surface area contributed by atoms with Crippen LogP contribution in [0.25, 0.3) is 0 Å². The Morgan fingerprint density at radius 3 is 2.27 bits per heavy atom. The molecule has 1 atom stereocenters. The molecule has 0 heterocycles. The molecule has 0 aliphatic heterocycles. The van der Waals surface area contributed by atoms with Crippen molar-refractivity contribution in [2.45, 2.75) is 40.7 Å². The second-order valence-electron chi connectivity index (χ2n) is 5.79. The van der Waals surface area contributed by atoms with Gasteiger partial charge in [-0.2, -0.15) is 0 Å². The molecule has 2 aromatic carbocycles. The zero-order chi connectivity index (χ0) is 16.3. The van der Waals surface area contributed by atoms with Crippen molar-refractivity contribution in [3.8, 4) is 5.75 Å². The fraction of sp³-hybridized carbons (Fsp3) is 0.316. The summed E-state index contributed by atoms with van der Waals surface area (Å²) in [6.07, 6.45) is -0.556. The van der Waals surface area contributed by atoms with E-state index in [9.17, 15) is 4.79 Å². The van der Waals surface area contributed by atoms with Crippen molar-refractivity contribution in [2.75, 3.05) is 5.32 Å². The smallest absolute Gasteiger partial charge is 0.265 e. The Labute approximate surface area is 132 Å². The summed E-state index contributed by atoms with van der Waals surface area (Å²) in [6, 6.07) is 12.0. The zero-order valence-corrected chi connectivity index (χ0v) is 13.9. The maximum atomic E-state index is 12.4. The van der Waals surface area contributed by atoms with E-state index in [1.807, 2.05) is 64.1 Å². The molecule has 3 nitrogen and oxygen atoms in total. The Balaban J connectivity index is 2.11. The van der Waals surface area contributed by atoms with Crippen molar-refractivity contribution in [1.82, 2.24) is 0 Å². The highest BCUT2D eigenvalue weighted by Crippen LogP contribution is 2.24. The van der Waals surface area contributed by atoms with Crippen molar-refractivity contribution in [2.24, 2.45) is 0 Å². The minimum atomic E-state index is -0.556. The number of benzene rings is 2. The molecule has 0 fully saturated rings. The number of amides is 1. The van der Waals surface area contributed by atoms with Gasteiger partial charge in [0.15, 0.2) is 6.10 Å². The number of ether oxygens (including phenoxy) is 1. The van der Waals surface area contributed by atoms with E-state index in [1.54, 1.807) is 6.92 Å². The van der Waals surface area contributed by atoms with Crippen molar-refractivity contribution in [3.63, 3.8) is 0 Å². The minimum Gasteiger partial charge on any atom is -0.480 e. The van der Waals surface area contributed by atoms with Crippen LogP contribution in [0.4, 0.5) is 5.69 Å². The SMILES string of the molecule is Cc1ccc(C)c(NC(=O)[C@H](C)Oc2c(C)cccc2C)c1. The molecular weight excluding hydrogens is 274 g/mol. The van der Waals surface area contributed by atoms with Crippen molar-refractivity contribution < 1.29 is 9.53 Å². The quantitative estimate of drug-likeness (QED) is 0.912. The van der Waals surface area contributed by atoms with Gasteiger partial charge in [0.05, 0.1) is 0 Å². The second kappa shape index (κ2) is 6.65. The predicted octanol–water partition coefficient (Wildman–Crippen LogP) is 4.33. The third-order valence-electron chi connectivity index (χ3n) is 3.72. The largest absolute Gasteiger partial charge is 0.480 e. The van der Waals surface area contributed by atoms with Gasteiger partial charge in [-0.25, -0.2) is 0 Å². The maximum Gasteiger partial charge on any atom is 0.265 e. The average molecular weight is 297 g/mol. The van der Waals surface area contributed by atoms with Crippen LogP contribution >= 0.6 is 0 Å². The highest BCUT2D eigenvalue weighted by molar-refractivity contribution is 5.94. The molecule has 3 heteroatoms. The Hall–Kier alpha value is -2.29. The molecule has 1 amide bonds. The first-order chi connectivity index (χ1) is 10.4. The molecule has 0 aliphatic rings. The van der Waals surface area contributed by atoms with E-state index in [0.717, 1.165) is 33.7 Å². The molecule has 0 spiro atoms. The van der Waals surface area contributed by atoms with Crippen molar-refractivity contribution in [1.29, 1.82) is 0 Å². The van der Waals surface area contributed by atoms with Gasteiger partial charge in [0.1, 0.15) is 5.75 Å². The van der Waals surface area contributed by atoms with Crippen LogP contribution in [-0.2, 0) is 4.79 Å². The van der Waals surface area contributed by atoms with Gasteiger partial charge in [0, 0.05) is 5.69 Å². The van der Waals surface area contributed by atoms with Gasteiger partial charge >= 0.3 is 0 Å². The topological polar surface area (TPSA) is 38.3 Å². The van der Waals surface area contributed by atoms with Crippen LogP contribution in [0, 0.1) is 27.7 Å². The summed E-state index contributed by atoms with van der Waals surface area (Å²) in [7, 11) is 0. The molecule has 0 saturated heterocycles. The van der Waals surface area contributed by atoms with Gasteiger partial charge in [-0.1, -0.05) is 30.3 Å². The van der Waals surface area contributed by atoms with Gasteiger partial charge in [0.25, 0.3) is 5.91 Å². The number of anilines is 1.